The van der Waals surface area contributed by atoms with E-state index in [1.54, 1.807) is 7.05 Å². The molecule has 1 rings (SSSR count). The van der Waals surface area contributed by atoms with E-state index >= 15 is 0 Å². The van der Waals surface area contributed by atoms with E-state index in [1.165, 1.54) is 0 Å². The van der Waals surface area contributed by atoms with Gasteiger partial charge >= 0.3 is 0 Å². The highest BCUT2D eigenvalue weighted by atomic mass is 19.1. The molecule has 13 heavy (non-hydrogen) atoms. The van der Waals surface area contributed by atoms with Gasteiger partial charge in [-0.15, -0.1) is 0 Å². The molecule has 0 aliphatic carbocycles. The van der Waals surface area contributed by atoms with Crippen LogP contribution >= 0.6 is 0 Å². The van der Waals surface area contributed by atoms with Gasteiger partial charge in [0.25, 0.3) is 0 Å². The highest BCUT2D eigenvalue weighted by Gasteiger charge is 2.22. The second-order valence-corrected chi connectivity index (χ2v) is 3.27. The number of nitrogens with zero attached hydrogens (tertiary/aromatic N) is 1. The van der Waals surface area contributed by atoms with E-state index in [0.717, 1.165) is 24.3 Å². The highest BCUT2D eigenvalue weighted by molar-refractivity contribution is 6.02. The molecule has 1 saturated heterocycles. The van der Waals surface area contributed by atoms with Gasteiger partial charge in [0.1, 0.15) is 5.83 Å². The monoisotopic (exact) mass is 184 g/mol. The number of rotatable bonds is 1. The smallest absolute Gasteiger partial charge is 0.106 e. The predicted molar refractivity (Wildman–Crippen MR) is 53.9 cm³/mol. The Balaban J connectivity index is 2.99. The maximum Gasteiger partial charge on any atom is 0.106 e. The Morgan fingerprint density at radius 2 is 2.38 bits per heavy atom. The molecule has 0 spiro atoms. The summed E-state index contributed by atoms with van der Waals surface area (Å²) in [6.07, 6.45) is 1.30. The highest BCUT2D eigenvalue weighted by Crippen LogP contribution is 2.20. The molecule has 1 fully saturated rings. The molecule has 0 bridgehead atoms. The average Bonchev–Trinajstić information content (AvgIpc) is 2.16. The van der Waals surface area contributed by atoms with Gasteiger partial charge in [-0.25, -0.2) is 4.39 Å². The molecule has 2 nitrogen and oxygen atoms in total. The topological polar surface area (TPSA) is 24.4 Å². The third kappa shape index (κ3) is 2.15. The molecule has 1 unspecified atom stereocenters. The molecular weight excluding hydrogens is 167 g/mol. The van der Waals surface area contributed by atoms with E-state index in [-0.39, 0.29) is 11.9 Å². The predicted octanol–water partition coefficient (Wildman–Crippen LogP) is 2.07. The fraction of sp³-hybridized carbons (Fsp3) is 0.700. The van der Waals surface area contributed by atoms with Gasteiger partial charge in [0.2, 0.25) is 0 Å². The number of aliphatic imine (C=N–C) groups is 1. The molecule has 0 aromatic rings. The Labute approximate surface area is 78.9 Å². The van der Waals surface area contributed by atoms with E-state index in [9.17, 15) is 4.39 Å². The first-order valence-electron chi connectivity index (χ1n) is 4.78. The molecule has 0 aromatic heterocycles. The fourth-order valence-corrected chi connectivity index (χ4v) is 1.71. The lowest BCUT2D eigenvalue weighted by atomic mass is 9.95. The summed E-state index contributed by atoms with van der Waals surface area (Å²) >= 11 is 0. The minimum Gasteiger partial charge on any atom is -0.310 e. The minimum absolute atomic E-state index is 0.0275. The van der Waals surface area contributed by atoms with Gasteiger partial charge in [0.15, 0.2) is 0 Å². The Morgan fingerprint density at radius 1 is 1.69 bits per heavy atom. The third-order valence-corrected chi connectivity index (χ3v) is 2.43. The number of piperidine rings is 1. The first-order valence-corrected chi connectivity index (χ1v) is 4.78. The van der Waals surface area contributed by atoms with Crippen LogP contribution in [0.4, 0.5) is 4.39 Å². The summed E-state index contributed by atoms with van der Waals surface area (Å²) in [5.41, 5.74) is 1.70. The van der Waals surface area contributed by atoms with Crippen LogP contribution in [0.25, 0.3) is 0 Å². The summed E-state index contributed by atoms with van der Waals surface area (Å²) in [7, 11) is 1.73. The molecule has 1 heterocycles. The summed E-state index contributed by atoms with van der Waals surface area (Å²) in [5.74, 6) is -0.0275. The van der Waals surface area contributed by atoms with Crippen LogP contribution < -0.4 is 5.32 Å². The number of nitrogens with one attached hydrogen (secondary N) is 1. The van der Waals surface area contributed by atoms with Crippen molar-refractivity contribution in [1.29, 1.82) is 0 Å². The molecule has 74 valence electrons. The van der Waals surface area contributed by atoms with E-state index in [1.807, 2.05) is 13.8 Å². The van der Waals surface area contributed by atoms with Crippen LogP contribution in [-0.4, -0.2) is 25.3 Å². The van der Waals surface area contributed by atoms with Crippen molar-refractivity contribution in [2.75, 3.05) is 13.6 Å². The molecule has 1 aliphatic rings. The van der Waals surface area contributed by atoms with Gasteiger partial charge in [-0.3, -0.25) is 4.99 Å². The third-order valence-electron chi connectivity index (χ3n) is 2.43. The maximum absolute atomic E-state index is 13.5. The van der Waals surface area contributed by atoms with Gasteiger partial charge in [-0.1, -0.05) is 6.92 Å². The van der Waals surface area contributed by atoms with Crippen molar-refractivity contribution < 1.29 is 4.39 Å². The molecule has 1 N–H and O–H groups in total. The molecule has 1 atom stereocenters. The molecule has 0 amide bonds. The van der Waals surface area contributed by atoms with Crippen molar-refractivity contribution in [3.63, 3.8) is 0 Å². The summed E-state index contributed by atoms with van der Waals surface area (Å²) in [6, 6.07) is 0.104. The summed E-state index contributed by atoms with van der Waals surface area (Å²) in [4.78, 5) is 4.13. The molecule has 0 aromatic carbocycles. The lowest BCUT2D eigenvalue weighted by Crippen LogP contribution is -2.39. The Kier molecular flexibility index (Phi) is 3.60. The molecule has 0 saturated carbocycles. The van der Waals surface area contributed by atoms with Crippen molar-refractivity contribution in [3.05, 3.63) is 11.4 Å². The van der Waals surface area contributed by atoms with E-state index in [4.69, 9.17) is 0 Å². The van der Waals surface area contributed by atoms with Crippen LogP contribution in [0.15, 0.2) is 16.4 Å². The van der Waals surface area contributed by atoms with E-state index < -0.39 is 0 Å². The maximum atomic E-state index is 13.5. The van der Waals surface area contributed by atoms with Crippen molar-refractivity contribution >= 4 is 5.71 Å². The lowest BCUT2D eigenvalue weighted by Gasteiger charge is -2.25. The van der Waals surface area contributed by atoms with Crippen molar-refractivity contribution in [2.24, 2.45) is 4.99 Å². The van der Waals surface area contributed by atoms with E-state index in [2.05, 4.69) is 10.3 Å². The average molecular weight is 184 g/mol. The zero-order valence-corrected chi connectivity index (χ0v) is 8.52. The first kappa shape index (κ1) is 10.4. The van der Waals surface area contributed by atoms with Crippen LogP contribution in [0.1, 0.15) is 26.7 Å². The Bertz CT molecular complexity index is 243. The zero-order chi connectivity index (χ0) is 9.84. The second kappa shape index (κ2) is 4.51. The quantitative estimate of drug-likeness (QED) is 0.663. The van der Waals surface area contributed by atoms with Gasteiger partial charge in [-0.2, -0.15) is 0 Å². The van der Waals surface area contributed by atoms with Gasteiger partial charge < -0.3 is 5.32 Å². The van der Waals surface area contributed by atoms with Crippen LogP contribution in [0.3, 0.4) is 0 Å². The van der Waals surface area contributed by atoms with Crippen LogP contribution in [0.5, 0.6) is 0 Å². The van der Waals surface area contributed by atoms with Crippen LogP contribution in [-0.2, 0) is 0 Å². The fourth-order valence-electron chi connectivity index (χ4n) is 1.71. The molecule has 0 radical (unpaired) electrons. The van der Waals surface area contributed by atoms with Gasteiger partial charge in [0.05, 0.1) is 0 Å². The van der Waals surface area contributed by atoms with Crippen LogP contribution in [0, 0.1) is 0 Å². The Morgan fingerprint density at radius 3 is 2.92 bits per heavy atom. The van der Waals surface area contributed by atoms with Crippen molar-refractivity contribution in [3.8, 4) is 0 Å². The van der Waals surface area contributed by atoms with Crippen molar-refractivity contribution in [1.82, 2.24) is 5.32 Å². The van der Waals surface area contributed by atoms with Gasteiger partial charge in [0, 0.05) is 37.3 Å². The van der Waals surface area contributed by atoms with Crippen molar-refractivity contribution in [2.45, 2.75) is 32.7 Å². The van der Waals surface area contributed by atoms with Crippen LogP contribution in [0.2, 0.25) is 0 Å². The number of allylic oxidation sites excluding steroid dienone is 1. The Hall–Kier alpha value is -0.700. The normalized spacial score (nSPS) is 30.8. The zero-order valence-electron chi connectivity index (χ0n) is 8.52. The molecular formula is C10H17FN2. The molecule has 3 heteroatoms. The largest absolute Gasteiger partial charge is 0.310 e. The molecule has 1 aliphatic heterocycles. The summed E-state index contributed by atoms with van der Waals surface area (Å²) in [5, 5.41) is 3.23. The minimum atomic E-state index is -0.0275. The number of halogens is 1. The SMILES string of the molecule is CC/C(F)=C1\C(=NC)CCNC1C. The second-order valence-electron chi connectivity index (χ2n) is 3.27. The van der Waals surface area contributed by atoms with Gasteiger partial charge in [-0.05, 0) is 13.3 Å². The number of hydrogen-bond acceptors (Lipinski definition) is 2. The first-order chi connectivity index (χ1) is 6.20. The standard InChI is InChI=1S/C10H17FN2/c1-4-8(11)10-7(2)13-6-5-9(10)12-3/h7,13H,4-6H2,1-3H3/b10-8+,12-9?. The number of hydrogen-bond donors (Lipinski definition) is 1. The lowest BCUT2D eigenvalue weighted by molar-refractivity contribution is 0.544. The van der Waals surface area contributed by atoms with E-state index in [0.29, 0.717) is 6.42 Å². The summed E-state index contributed by atoms with van der Waals surface area (Å²) < 4.78 is 13.5. The summed E-state index contributed by atoms with van der Waals surface area (Å²) in [6.45, 7) is 4.71.